The van der Waals surface area contributed by atoms with Crippen LogP contribution in [0.15, 0.2) is 18.2 Å². The Labute approximate surface area is 111 Å². The minimum atomic E-state index is -1.05. The van der Waals surface area contributed by atoms with E-state index >= 15 is 0 Å². The second-order valence-electron chi connectivity index (χ2n) is 4.19. The molecule has 18 heavy (non-hydrogen) atoms. The van der Waals surface area contributed by atoms with Gasteiger partial charge in [-0.2, -0.15) is 0 Å². The Balaban J connectivity index is 2.59. The van der Waals surface area contributed by atoms with Crippen LogP contribution >= 0.6 is 11.8 Å². The average Bonchev–Trinajstić information content (AvgIpc) is 2.31. The highest BCUT2D eigenvalue weighted by Crippen LogP contribution is 2.25. The van der Waals surface area contributed by atoms with Crippen LogP contribution in [0.5, 0.6) is 5.75 Å². The van der Waals surface area contributed by atoms with Crippen LogP contribution in [-0.4, -0.2) is 32.3 Å². The molecule has 2 atom stereocenters. The first-order chi connectivity index (χ1) is 8.41. The summed E-state index contributed by atoms with van der Waals surface area (Å²) >= 11 is 1.12. The van der Waals surface area contributed by atoms with Gasteiger partial charge in [0.05, 0.1) is 6.10 Å². The number of benzene rings is 1. The molecule has 0 amide bonds. The summed E-state index contributed by atoms with van der Waals surface area (Å²) in [5.41, 5.74) is 1.19. The summed E-state index contributed by atoms with van der Waals surface area (Å²) in [7, 11) is 0. The molecule has 0 aliphatic rings. The monoisotopic (exact) mass is 270 g/mol. The summed E-state index contributed by atoms with van der Waals surface area (Å²) in [5, 5.41) is 29.2. The Morgan fingerprint density at radius 3 is 2.61 bits per heavy atom. The van der Waals surface area contributed by atoms with E-state index in [0.29, 0.717) is 23.3 Å². The minimum absolute atomic E-state index is 0.00956. The summed E-state index contributed by atoms with van der Waals surface area (Å²) in [5.74, 6) is 0.558. The highest BCUT2D eigenvalue weighted by Gasteiger charge is 2.19. The van der Waals surface area contributed by atoms with E-state index in [1.165, 1.54) is 13.0 Å². The lowest BCUT2D eigenvalue weighted by molar-refractivity contribution is -0.109. The van der Waals surface area contributed by atoms with Crippen molar-refractivity contribution in [2.45, 2.75) is 32.5 Å². The lowest BCUT2D eigenvalue weighted by Crippen LogP contribution is -2.19. The molecule has 1 rings (SSSR count). The van der Waals surface area contributed by atoms with Gasteiger partial charge in [-0.3, -0.25) is 4.79 Å². The zero-order chi connectivity index (χ0) is 13.7. The van der Waals surface area contributed by atoms with Crippen molar-refractivity contribution in [2.75, 3.05) is 5.75 Å². The van der Waals surface area contributed by atoms with Crippen LogP contribution in [0.1, 0.15) is 30.6 Å². The second kappa shape index (κ2) is 6.78. The first kappa shape index (κ1) is 15.0. The van der Waals surface area contributed by atoms with Gasteiger partial charge in [0, 0.05) is 12.7 Å². The van der Waals surface area contributed by atoms with Crippen molar-refractivity contribution >= 4 is 16.9 Å². The average molecular weight is 270 g/mol. The molecule has 1 aromatic rings. The lowest BCUT2D eigenvalue weighted by Gasteiger charge is -2.18. The fourth-order valence-corrected chi connectivity index (χ4v) is 2.16. The first-order valence-corrected chi connectivity index (χ1v) is 6.69. The summed E-state index contributed by atoms with van der Waals surface area (Å²) < 4.78 is 0. The molecule has 0 saturated heterocycles. The van der Waals surface area contributed by atoms with E-state index in [1.807, 2.05) is 0 Å². The molecule has 4 nitrogen and oxygen atoms in total. The van der Waals surface area contributed by atoms with Crippen LogP contribution in [0.2, 0.25) is 0 Å². The number of thioether (sulfide) groups is 1. The Morgan fingerprint density at radius 1 is 1.39 bits per heavy atom. The van der Waals surface area contributed by atoms with E-state index in [0.717, 1.165) is 11.8 Å². The maximum Gasteiger partial charge on any atom is 0.185 e. The van der Waals surface area contributed by atoms with Crippen molar-refractivity contribution < 1.29 is 20.1 Å². The number of aliphatic hydroxyl groups excluding tert-OH is 2. The Hall–Kier alpha value is -1.04. The lowest BCUT2D eigenvalue weighted by atomic mass is 10.0. The van der Waals surface area contributed by atoms with Gasteiger partial charge in [0.1, 0.15) is 11.9 Å². The normalized spacial score (nSPS) is 14.2. The number of carbonyl (C=O) groups excluding carboxylic acids is 1. The van der Waals surface area contributed by atoms with Gasteiger partial charge in [-0.05, 0) is 30.5 Å². The number of hydrogen-bond donors (Lipinski definition) is 3. The molecular weight excluding hydrogens is 252 g/mol. The molecule has 0 fully saturated rings. The zero-order valence-electron chi connectivity index (χ0n) is 10.5. The molecule has 3 N–H and O–H groups in total. The second-order valence-corrected chi connectivity index (χ2v) is 5.46. The van der Waals surface area contributed by atoms with Crippen molar-refractivity contribution in [2.24, 2.45) is 0 Å². The van der Waals surface area contributed by atoms with Crippen molar-refractivity contribution in [3.05, 3.63) is 29.3 Å². The molecule has 0 saturated carbocycles. The summed E-state index contributed by atoms with van der Waals surface area (Å²) in [6.07, 6.45) is -1.68. The maximum absolute atomic E-state index is 10.7. The fraction of sp³-hybridized carbons (Fsp3) is 0.462. The van der Waals surface area contributed by atoms with E-state index in [1.54, 1.807) is 19.1 Å². The molecular formula is C13H18O4S. The van der Waals surface area contributed by atoms with Crippen LogP contribution in [-0.2, 0) is 4.79 Å². The minimum Gasteiger partial charge on any atom is -0.508 e. The number of rotatable bonds is 5. The number of phenols is 1. The SMILES string of the molecule is CC(=O)SCCC(O)C(O)c1ccc(C)c(O)c1. The van der Waals surface area contributed by atoms with E-state index < -0.39 is 12.2 Å². The number of aryl methyl sites for hydroxylation is 1. The van der Waals surface area contributed by atoms with Gasteiger partial charge in [-0.15, -0.1) is 0 Å². The molecule has 5 heteroatoms. The molecule has 0 spiro atoms. The summed E-state index contributed by atoms with van der Waals surface area (Å²) in [6, 6.07) is 4.80. The van der Waals surface area contributed by atoms with Crippen molar-refractivity contribution in [1.29, 1.82) is 0 Å². The van der Waals surface area contributed by atoms with Gasteiger partial charge in [-0.25, -0.2) is 0 Å². The predicted molar refractivity (Wildman–Crippen MR) is 71.6 cm³/mol. The van der Waals surface area contributed by atoms with E-state index in [4.69, 9.17) is 0 Å². The van der Waals surface area contributed by atoms with Crippen molar-refractivity contribution in [3.63, 3.8) is 0 Å². The largest absolute Gasteiger partial charge is 0.508 e. The molecule has 0 aliphatic heterocycles. The quantitative estimate of drug-likeness (QED) is 0.760. The standard InChI is InChI=1S/C13H18O4S/c1-8-3-4-10(7-12(8)16)13(17)11(15)5-6-18-9(2)14/h3-4,7,11,13,15-17H,5-6H2,1-2H3. The first-order valence-electron chi connectivity index (χ1n) is 5.71. The number of aromatic hydroxyl groups is 1. The van der Waals surface area contributed by atoms with Crippen molar-refractivity contribution in [3.8, 4) is 5.75 Å². The van der Waals surface area contributed by atoms with Crippen LogP contribution < -0.4 is 0 Å². The highest BCUT2D eigenvalue weighted by molar-refractivity contribution is 8.13. The van der Waals surface area contributed by atoms with Gasteiger partial charge in [-0.1, -0.05) is 23.9 Å². The number of phenolic OH excluding ortho intramolecular Hbond substituents is 1. The van der Waals surface area contributed by atoms with E-state index in [9.17, 15) is 20.1 Å². The third kappa shape index (κ3) is 4.33. The highest BCUT2D eigenvalue weighted by atomic mass is 32.2. The third-order valence-electron chi connectivity index (χ3n) is 2.66. The molecule has 1 aromatic carbocycles. The van der Waals surface area contributed by atoms with Crippen LogP contribution in [0.3, 0.4) is 0 Å². The molecule has 100 valence electrons. The fourth-order valence-electron chi connectivity index (χ4n) is 1.51. The van der Waals surface area contributed by atoms with Gasteiger partial charge in [0.2, 0.25) is 0 Å². The summed E-state index contributed by atoms with van der Waals surface area (Å²) in [6.45, 7) is 3.22. The van der Waals surface area contributed by atoms with Gasteiger partial charge >= 0.3 is 0 Å². The van der Waals surface area contributed by atoms with Crippen LogP contribution in [0.4, 0.5) is 0 Å². The third-order valence-corrected chi connectivity index (χ3v) is 3.50. The maximum atomic E-state index is 10.7. The number of carbonyl (C=O) groups is 1. The summed E-state index contributed by atoms with van der Waals surface area (Å²) in [4.78, 5) is 10.7. The Bertz CT molecular complexity index is 419. The molecule has 0 aromatic heterocycles. The molecule has 0 heterocycles. The Morgan fingerprint density at radius 2 is 2.06 bits per heavy atom. The number of aliphatic hydroxyl groups is 2. The van der Waals surface area contributed by atoms with Crippen LogP contribution in [0, 0.1) is 6.92 Å². The smallest absolute Gasteiger partial charge is 0.185 e. The van der Waals surface area contributed by atoms with Gasteiger partial charge < -0.3 is 15.3 Å². The molecule has 0 aliphatic carbocycles. The number of hydrogen-bond acceptors (Lipinski definition) is 5. The Kier molecular flexibility index (Phi) is 5.65. The predicted octanol–water partition coefficient (Wildman–Crippen LogP) is 1.76. The van der Waals surface area contributed by atoms with Crippen LogP contribution in [0.25, 0.3) is 0 Å². The van der Waals surface area contributed by atoms with E-state index in [2.05, 4.69) is 0 Å². The topological polar surface area (TPSA) is 77.8 Å². The zero-order valence-corrected chi connectivity index (χ0v) is 11.3. The molecule has 2 unspecified atom stereocenters. The molecule has 0 radical (unpaired) electrons. The van der Waals surface area contributed by atoms with E-state index in [-0.39, 0.29) is 10.9 Å². The van der Waals surface area contributed by atoms with Gasteiger partial charge in [0.25, 0.3) is 0 Å². The van der Waals surface area contributed by atoms with Gasteiger partial charge in [0.15, 0.2) is 5.12 Å². The molecule has 0 bridgehead atoms. The van der Waals surface area contributed by atoms with Crippen molar-refractivity contribution in [1.82, 2.24) is 0 Å².